The first-order valence-electron chi connectivity index (χ1n) is 10.1. The van der Waals surface area contributed by atoms with Crippen LogP contribution in [0, 0.1) is 12.7 Å². The Morgan fingerprint density at radius 1 is 0.912 bits per heavy atom. The fourth-order valence-corrected chi connectivity index (χ4v) is 4.31. The van der Waals surface area contributed by atoms with Crippen molar-refractivity contribution < 1.29 is 17.6 Å². The van der Waals surface area contributed by atoms with E-state index in [2.05, 4.69) is 15.1 Å². The van der Waals surface area contributed by atoms with E-state index in [1.165, 1.54) is 59.3 Å². The lowest BCUT2D eigenvalue weighted by Gasteiger charge is -2.13. The lowest BCUT2D eigenvalue weighted by molar-refractivity contribution is 0.101. The number of sulfonamides is 1. The van der Waals surface area contributed by atoms with Gasteiger partial charge in [0, 0.05) is 17.4 Å². The average molecular weight is 479 g/mol. The number of aromatic nitrogens is 2. The number of nitrogens with zero attached hydrogens (tertiary/aromatic N) is 2. The lowest BCUT2D eigenvalue weighted by Crippen LogP contribution is -2.27. The maximum absolute atomic E-state index is 14.2. The highest BCUT2D eigenvalue weighted by atomic mass is 32.2. The number of amides is 1. The monoisotopic (exact) mass is 478 g/mol. The molecule has 172 valence electrons. The SMILES string of the molecule is Cc1cc(=O)c(C(=O)Nc2cccc(NS(=O)(=O)c3ccccc3)c2)nn1-c1ccccc1F. The van der Waals surface area contributed by atoms with Crippen LogP contribution in [0.4, 0.5) is 15.8 Å². The zero-order chi connectivity index (χ0) is 24.3. The van der Waals surface area contributed by atoms with Crippen LogP contribution < -0.4 is 15.5 Å². The molecule has 3 aromatic carbocycles. The molecule has 0 saturated carbocycles. The number of hydrogen-bond donors (Lipinski definition) is 2. The number of carbonyl (C=O) groups excluding carboxylic acids is 1. The second-order valence-corrected chi connectivity index (χ2v) is 9.00. The summed E-state index contributed by atoms with van der Waals surface area (Å²) in [5, 5.41) is 6.60. The fourth-order valence-electron chi connectivity index (χ4n) is 3.24. The molecule has 1 aromatic heterocycles. The fraction of sp³-hybridized carbons (Fsp3) is 0.0417. The van der Waals surface area contributed by atoms with E-state index in [-0.39, 0.29) is 22.0 Å². The summed E-state index contributed by atoms with van der Waals surface area (Å²) in [5.74, 6) is -1.38. The smallest absolute Gasteiger partial charge is 0.280 e. The Morgan fingerprint density at radius 2 is 1.59 bits per heavy atom. The van der Waals surface area contributed by atoms with E-state index in [0.717, 1.165) is 0 Å². The molecule has 4 rings (SSSR count). The summed E-state index contributed by atoms with van der Waals surface area (Å²) in [7, 11) is -3.83. The van der Waals surface area contributed by atoms with Crippen molar-refractivity contribution in [2.45, 2.75) is 11.8 Å². The highest BCUT2D eigenvalue weighted by Crippen LogP contribution is 2.20. The average Bonchev–Trinajstić information content (AvgIpc) is 2.80. The van der Waals surface area contributed by atoms with Gasteiger partial charge in [-0.25, -0.2) is 17.5 Å². The van der Waals surface area contributed by atoms with Gasteiger partial charge in [-0.15, -0.1) is 0 Å². The summed E-state index contributed by atoms with van der Waals surface area (Å²) in [4.78, 5) is 25.3. The van der Waals surface area contributed by atoms with Crippen molar-refractivity contribution in [1.29, 1.82) is 0 Å². The lowest BCUT2D eigenvalue weighted by atomic mass is 10.2. The number of halogens is 1. The normalized spacial score (nSPS) is 11.1. The van der Waals surface area contributed by atoms with Gasteiger partial charge in [-0.05, 0) is 49.4 Å². The van der Waals surface area contributed by atoms with Crippen molar-refractivity contribution in [3.8, 4) is 5.69 Å². The van der Waals surface area contributed by atoms with Crippen LogP contribution in [0.1, 0.15) is 16.2 Å². The number of anilines is 2. The maximum Gasteiger partial charge on any atom is 0.280 e. The number of rotatable bonds is 6. The first kappa shape index (κ1) is 22.9. The molecule has 0 unspecified atom stereocenters. The minimum atomic E-state index is -3.83. The minimum absolute atomic E-state index is 0.0852. The van der Waals surface area contributed by atoms with Crippen molar-refractivity contribution >= 4 is 27.3 Å². The zero-order valence-electron chi connectivity index (χ0n) is 17.9. The second kappa shape index (κ2) is 9.28. The molecule has 0 radical (unpaired) electrons. The summed E-state index contributed by atoms with van der Waals surface area (Å²) in [6.07, 6.45) is 0. The highest BCUT2D eigenvalue weighted by Gasteiger charge is 2.18. The number of benzene rings is 3. The third kappa shape index (κ3) is 4.86. The van der Waals surface area contributed by atoms with Crippen LogP contribution in [0.15, 0.2) is 94.6 Å². The van der Waals surface area contributed by atoms with Crippen LogP contribution in [-0.2, 0) is 10.0 Å². The third-order valence-corrected chi connectivity index (χ3v) is 6.23. The maximum atomic E-state index is 14.2. The summed E-state index contributed by atoms with van der Waals surface area (Å²) in [6.45, 7) is 1.57. The van der Waals surface area contributed by atoms with Gasteiger partial charge in [0.05, 0.1) is 10.6 Å². The Balaban J connectivity index is 1.60. The summed E-state index contributed by atoms with van der Waals surface area (Å²) in [6, 6.07) is 20.9. The van der Waals surface area contributed by atoms with Crippen molar-refractivity contribution in [2.24, 2.45) is 0 Å². The molecule has 1 heterocycles. The summed E-state index contributed by atoms with van der Waals surface area (Å²) in [5.41, 5.74) is -0.192. The van der Waals surface area contributed by atoms with Crippen LogP contribution >= 0.6 is 0 Å². The molecule has 1 amide bonds. The Kier molecular flexibility index (Phi) is 6.24. The zero-order valence-corrected chi connectivity index (χ0v) is 18.7. The van der Waals surface area contributed by atoms with Crippen LogP contribution in [0.25, 0.3) is 5.69 Å². The van der Waals surface area contributed by atoms with E-state index < -0.39 is 32.9 Å². The number of hydrogen-bond acceptors (Lipinski definition) is 5. The molecule has 0 aliphatic rings. The Morgan fingerprint density at radius 3 is 2.32 bits per heavy atom. The molecule has 0 bridgehead atoms. The van der Waals surface area contributed by atoms with Gasteiger partial charge in [-0.2, -0.15) is 5.10 Å². The van der Waals surface area contributed by atoms with Crippen LogP contribution in [0.3, 0.4) is 0 Å². The quantitative estimate of drug-likeness (QED) is 0.439. The molecule has 8 nitrogen and oxygen atoms in total. The molecule has 34 heavy (non-hydrogen) atoms. The van der Waals surface area contributed by atoms with Crippen LogP contribution in [-0.4, -0.2) is 24.1 Å². The van der Waals surface area contributed by atoms with Crippen molar-refractivity contribution in [2.75, 3.05) is 10.0 Å². The van der Waals surface area contributed by atoms with E-state index in [1.807, 2.05) is 0 Å². The van der Waals surface area contributed by atoms with Gasteiger partial charge in [0.25, 0.3) is 15.9 Å². The van der Waals surface area contributed by atoms with Gasteiger partial charge in [-0.1, -0.05) is 36.4 Å². The molecule has 0 atom stereocenters. The molecule has 4 aromatic rings. The van der Waals surface area contributed by atoms with Crippen molar-refractivity contribution in [3.05, 3.63) is 112 Å². The predicted molar refractivity (Wildman–Crippen MR) is 126 cm³/mol. The number of para-hydroxylation sites is 1. The first-order valence-corrected chi connectivity index (χ1v) is 11.6. The van der Waals surface area contributed by atoms with E-state index in [0.29, 0.717) is 5.69 Å². The molecule has 0 fully saturated rings. The van der Waals surface area contributed by atoms with Gasteiger partial charge in [-0.3, -0.25) is 14.3 Å². The van der Waals surface area contributed by atoms with E-state index in [9.17, 15) is 22.4 Å². The number of aryl methyl sites for hydroxylation is 1. The Hall–Kier alpha value is -4.31. The van der Waals surface area contributed by atoms with E-state index >= 15 is 0 Å². The molecule has 0 aliphatic heterocycles. The standard InChI is InChI=1S/C24H19FN4O4S/c1-16-14-22(30)23(27-29(16)21-13-6-5-12-20(21)25)24(31)26-17-8-7-9-18(15-17)28-34(32,33)19-10-3-2-4-11-19/h2-15,28H,1H3,(H,26,31). The minimum Gasteiger partial charge on any atom is -0.320 e. The Bertz CT molecular complexity index is 1540. The van der Waals surface area contributed by atoms with Gasteiger partial charge in [0.15, 0.2) is 5.69 Å². The van der Waals surface area contributed by atoms with Gasteiger partial charge in [0.2, 0.25) is 5.43 Å². The molecule has 0 spiro atoms. The van der Waals surface area contributed by atoms with Gasteiger partial charge in [0.1, 0.15) is 11.5 Å². The molecule has 2 N–H and O–H groups in total. The van der Waals surface area contributed by atoms with Gasteiger partial charge < -0.3 is 5.32 Å². The number of carbonyl (C=O) groups is 1. The van der Waals surface area contributed by atoms with Gasteiger partial charge >= 0.3 is 0 Å². The second-order valence-electron chi connectivity index (χ2n) is 7.32. The van der Waals surface area contributed by atoms with E-state index in [1.54, 1.807) is 37.3 Å². The molecule has 0 aliphatic carbocycles. The number of nitrogens with one attached hydrogen (secondary N) is 2. The largest absolute Gasteiger partial charge is 0.320 e. The highest BCUT2D eigenvalue weighted by molar-refractivity contribution is 7.92. The third-order valence-electron chi connectivity index (χ3n) is 4.83. The van der Waals surface area contributed by atoms with Crippen LogP contribution in [0.5, 0.6) is 0 Å². The first-order chi connectivity index (χ1) is 16.2. The Labute approximate surface area is 194 Å². The van der Waals surface area contributed by atoms with Crippen molar-refractivity contribution in [1.82, 2.24) is 9.78 Å². The van der Waals surface area contributed by atoms with E-state index in [4.69, 9.17) is 0 Å². The molecule has 0 saturated heterocycles. The molecule has 10 heteroatoms. The summed E-state index contributed by atoms with van der Waals surface area (Å²) >= 11 is 0. The topological polar surface area (TPSA) is 110 Å². The van der Waals surface area contributed by atoms with Crippen LogP contribution in [0.2, 0.25) is 0 Å². The predicted octanol–water partition coefficient (Wildman–Crippen LogP) is 3.73. The molecular formula is C24H19FN4O4S. The summed E-state index contributed by atoms with van der Waals surface area (Å²) < 4.78 is 43.0. The van der Waals surface area contributed by atoms with Crippen molar-refractivity contribution in [3.63, 3.8) is 0 Å². The molecular weight excluding hydrogens is 459 g/mol.